The average Bonchev–Trinajstić information content (AvgIpc) is 2.45. The monoisotopic (exact) mass is 278 g/mol. The van der Waals surface area contributed by atoms with Gasteiger partial charge in [-0.15, -0.1) is 0 Å². The Morgan fingerprint density at radius 1 is 1.45 bits per heavy atom. The second-order valence-electron chi connectivity index (χ2n) is 5.65. The van der Waals surface area contributed by atoms with Crippen LogP contribution in [0.25, 0.3) is 0 Å². The summed E-state index contributed by atoms with van der Waals surface area (Å²) >= 11 is 0. The highest BCUT2D eigenvalue weighted by molar-refractivity contribution is 5.46. The van der Waals surface area contributed by atoms with E-state index >= 15 is 0 Å². The highest BCUT2D eigenvalue weighted by atomic mass is 16.5. The number of nitrogens with zero attached hydrogens (tertiary/aromatic N) is 4. The van der Waals surface area contributed by atoms with Crippen LogP contribution in [0.15, 0.2) is 6.20 Å². The van der Waals surface area contributed by atoms with Crippen molar-refractivity contribution in [3.05, 3.63) is 17.6 Å². The zero-order chi connectivity index (χ0) is 14.5. The quantitative estimate of drug-likeness (QED) is 0.816. The van der Waals surface area contributed by atoms with Crippen LogP contribution in [0.3, 0.4) is 0 Å². The molecule has 112 valence electrons. The van der Waals surface area contributed by atoms with Gasteiger partial charge in [0.2, 0.25) is 0 Å². The van der Waals surface area contributed by atoms with E-state index in [0.717, 1.165) is 50.7 Å². The first-order chi connectivity index (χ1) is 9.60. The second-order valence-corrected chi connectivity index (χ2v) is 5.65. The van der Waals surface area contributed by atoms with Gasteiger partial charge in [0.05, 0.1) is 12.7 Å². The molecule has 0 aromatic carbocycles. The topological polar surface area (TPSA) is 41.5 Å². The van der Waals surface area contributed by atoms with Crippen molar-refractivity contribution in [1.82, 2.24) is 14.9 Å². The first-order valence-corrected chi connectivity index (χ1v) is 7.44. The van der Waals surface area contributed by atoms with Gasteiger partial charge in [-0.3, -0.25) is 0 Å². The molecule has 0 spiro atoms. The zero-order valence-corrected chi connectivity index (χ0v) is 13.1. The average molecular weight is 278 g/mol. The Balaban J connectivity index is 2.06. The van der Waals surface area contributed by atoms with Crippen LogP contribution in [0, 0.1) is 6.92 Å². The maximum Gasteiger partial charge on any atom is 0.135 e. The summed E-state index contributed by atoms with van der Waals surface area (Å²) in [6, 6.07) is 0. The molecule has 0 bridgehead atoms. The molecule has 1 aromatic rings. The van der Waals surface area contributed by atoms with Crippen molar-refractivity contribution >= 4 is 5.82 Å². The second kappa shape index (κ2) is 6.99. The van der Waals surface area contributed by atoms with Gasteiger partial charge in [-0.2, -0.15) is 0 Å². The molecule has 1 fully saturated rings. The lowest BCUT2D eigenvalue weighted by Crippen LogP contribution is -2.44. The molecule has 1 aliphatic rings. The Morgan fingerprint density at radius 2 is 2.25 bits per heavy atom. The molecule has 0 radical (unpaired) electrons. The lowest BCUT2D eigenvalue weighted by atomic mass is 10.1. The molecule has 1 aliphatic heterocycles. The minimum absolute atomic E-state index is 0.297. The molecule has 0 aliphatic carbocycles. The van der Waals surface area contributed by atoms with E-state index in [1.165, 1.54) is 5.56 Å². The number of anilines is 1. The van der Waals surface area contributed by atoms with Gasteiger partial charge < -0.3 is 14.5 Å². The summed E-state index contributed by atoms with van der Waals surface area (Å²) < 4.78 is 5.87. The summed E-state index contributed by atoms with van der Waals surface area (Å²) in [6.07, 6.45) is 4.29. The summed E-state index contributed by atoms with van der Waals surface area (Å²) in [4.78, 5) is 13.5. The van der Waals surface area contributed by atoms with Gasteiger partial charge in [0.25, 0.3) is 0 Å². The van der Waals surface area contributed by atoms with Crippen LogP contribution in [-0.2, 0) is 11.2 Å². The Labute approximate surface area is 122 Å². The predicted molar refractivity (Wildman–Crippen MR) is 81.3 cm³/mol. The van der Waals surface area contributed by atoms with E-state index in [9.17, 15) is 0 Å². The molecule has 2 heterocycles. The first-order valence-electron chi connectivity index (χ1n) is 7.44. The Morgan fingerprint density at radius 3 is 2.95 bits per heavy atom. The molecule has 0 N–H and O–H groups in total. The van der Waals surface area contributed by atoms with E-state index in [0.29, 0.717) is 6.10 Å². The molecule has 0 amide bonds. The molecule has 0 saturated carbocycles. The fourth-order valence-electron chi connectivity index (χ4n) is 2.49. The van der Waals surface area contributed by atoms with Gasteiger partial charge >= 0.3 is 0 Å². The molecule has 1 saturated heterocycles. The van der Waals surface area contributed by atoms with Crippen LogP contribution in [0.4, 0.5) is 5.82 Å². The third-order valence-electron chi connectivity index (χ3n) is 3.68. The Hall–Kier alpha value is -1.20. The third kappa shape index (κ3) is 3.90. The molecular weight excluding hydrogens is 252 g/mol. The smallest absolute Gasteiger partial charge is 0.135 e. The number of hydrogen-bond donors (Lipinski definition) is 0. The number of aryl methyl sites for hydroxylation is 2. The van der Waals surface area contributed by atoms with E-state index in [-0.39, 0.29) is 0 Å². The van der Waals surface area contributed by atoms with Gasteiger partial charge in [-0.25, -0.2) is 9.97 Å². The van der Waals surface area contributed by atoms with Crippen LogP contribution < -0.4 is 4.90 Å². The highest BCUT2D eigenvalue weighted by Crippen LogP contribution is 2.21. The molecule has 1 atom stereocenters. The van der Waals surface area contributed by atoms with Gasteiger partial charge in [0.15, 0.2) is 0 Å². The van der Waals surface area contributed by atoms with Crippen molar-refractivity contribution in [2.24, 2.45) is 0 Å². The molecule has 5 nitrogen and oxygen atoms in total. The number of aromatic nitrogens is 2. The SMILES string of the molecule is CCc1cnc(C)nc1N1CCO[C@H](CCN(C)C)C1. The fraction of sp³-hybridized carbons (Fsp3) is 0.733. The summed E-state index contributed by atoms with van der Waals surface area (Å²) in [5, 5.41) is 0. The van der Waals surface area contributed by atoms with Crippen molar-refractivity contribution in [3.8, 4) is 0 Å². The van der Waals surface area contributed by atoms with Crippen molar-refractivity contribution in [2.75, 3.05) is 45.2 Å². The Kier molecular flexibility index (Phi) is 5.31. The number of ether oxygens (including phenoxy) is 1. The standard InChI is InChI=1S/C15H26N4O/c1-5-13-10-16-12(2)17-15(13)19-8-9-20-14(11-19)6-7-18(3)4/h10,14H,5-9,11H2,1-4H3/t14-/m1/s1. The molecule has 20 heavy (non-hydrogen) atoms. The fourth-order valence-corrected chi connectivity index (χ4v) is 2.49. The maximum atomic E-state index is 5.87. The highest BCUT2D eigenvalue weighted by Gasteiger charge is 2.23. The van der Waals surface area contributed by atoms with Gasteiger partial charge in [0, 0.05) is 31.4 Å². The molecule has 2 rings (SSSR count). The summed E-state index contributed by atoms with van der Waals surface area (Å²) in [7, 11) is 4.20. The van der Waals surface area contributed by atoms with Crippen molar-refractivity contribution in [1.29, 1.82) is 0 Å². The van der Waals surface area contributed by atoms with Crippen molar-refractivity contribution in [2.45, 2.75) is 32.8 Å². The van der Waals surface area contributed by atoms with Gasteiger partial charge in [-0.1, -0.05) is 6.92 Å². The molecule has 0 unspecified atom stereocenters. The van der Waals surface area contributed by atoms with Gasteiger partial charge in [-0.05, 0) is 33.9 Å². The number of rotatable bonds is 5. The van der Waals surface area contributed by atoms with E-state index in [1.54, 1.807) is 0 Å². The summed E-state index contributed by atoms with van der Waals surface area (Å²) in [5.74, 6) is 1.94. The van der Waals surface area contributed by atoms with E-state index in [1.807, 2.05) is 13.1 Å². The zero-order valence-electron chi connectivity index (χ0n) is 13.1. The predicted octanol–water partition coefficient (Wildman–Crippen LogP) is 1.50. The molecule has 5 heteroatoms. The normalized spacial score (nSPS) is 19.6. The van der Waals surface area contributed by atoms with Crippen LogP contribution in [0.5, 0.6) is 0 Å². The molecule has 1 aromatic heterocycles. The summed E-state index contributed by atoms with van der Waals surface area (Å²) in [6.45, 7) is 7.79. The first kappa shape index (κ1) is 15.2. The maximum absolute atomic E-state index is 5.87. The third-order valence-corrected chi connectivity index (χ3v) is 3.68. The number of hydrogen-bond acceptors (Lipinski definition) is 5. The van der Waals surface area contributed by atoms with Crippen LogP contribution in [0.2, 0.25) is 0 Å². The minimum Gasteiger partial charge on any atom is -0.374 e. The number of morpholine rings is 1. The lowest BCUT2D eigenvalue weighted by Gasteiger charge is -2.35. The van der Waals surface area contributed by atoms with Crippen molar-refractivity contribution < 1.29 is 4.74 Å². The molecular formula is C15H26N4O. The van der Waals surface area contributed by atoms with E-state index in [2.05, 4.69) is 40.8 Å². The summed E-state index contributed by atoms with van der Waals surface area (Å²) in [5.41, 5.74) is 1.23. The lowest BCUT2D eigenvalue weighted by molar-refractivity contribution is 0.0308. The van der Waals surface area contributed by atoms with E-state index in [4.69, 9.17) is 4.74 Å². The van der Waals surface area contributed by atoms with Gasteiger partial charge in [0.1, 0.15) is 11.6 Å². The van der Waals surface area contributed by atoms with E-state index < -0.39 is 0 Å². The largest absolute Gasteiger partial charge is 0.374 e. The van der Waals surface area contributed by atoms with Crippen molar-refractivity contribution in [3.63, 3.8) is 0 Å². The van der Waals surface area contributed by atoms with Crippen LogP contribution in [-0.4, -0.2) is 61.3 Å². The Bertz CT molecular complexity index is 436. The van der Waals surface area contributed by atoms with Crippen LogP contribution >= 0.6 is 0 Å². The minimum atomic E-state index is 0.297. The van der Waals surface area contributed by atoms with Crippen LogP contribution in [0.1, 0.15) is 24.7 Å².